The Balaban J connectivity index is 1.93. The van der Waals surface area contributed by atoms with Crippen LogP contribution in [0.1, 0.15) is 73.7 Å². The van der Waals surface area contributed by atoms with Crippen LogP contribution >= 0.6 is 11.6 Å². The van der Waals surface area contributed by atoms with Crippen molar-refractivity contribution in [2.24, 2.45) is 5.92 Å². The monoisotopic (exact) mass is 485 g/mol. The van der Waals surface area contributed by atoms with Crippen molar-refractivity contribution in [2.45, 2.75) is 58.9 Å². The number of hydrogen-bond donors (Lipinski definition) is 0. The fraction of sp³-hybridized carbons (Fsp3) is 0.519. The van der Waals surface area contributed by atoms with Gasteiger partial charge in [0.2, 0.25) is 0 Å². The molecular formula is C27H36ClN3O3. The van der Waals surface area contributed by atoms with E-state index in [0.29, 0.717) is 47.6 Å². The van der Waals surface area contributed by atoms with E-state index >= 15 is 0 Å². The summed E-state index contributed by atoms with van der Waals surface area (Å²) in [6, 6.07) is 10.6. The number of fused-ring (bicyclic) bond motifs is 1. The van der Waals surface area contributed by atoms with Gasteiger partial charge in [0.15, 0.2) is 0 Å². The second-order valence-electron chi connectivity index (χ2n) is 9.25. The van der Waals surface area contributed by atoms with Gasteiger partial charge in [0.05, 0.1) is 16.6 Å². The molecule has 2 heterocycles. The van der Waals surface area contributed by atoms with E-state index < -0.39 is 0 Å². The molecule has 1 aliphatic heterocycles. The standard InChI is InChI=1S/C27H36ClN3O3/c1-4-30-15-9-5-6-10-16-31(27(33)24-14-13-21(28)18-29-24)22(17-20(2)3)19-34-25-12-8-7-11-23(25)26(30)32/h7-8,11-14,18,20,22H,4-6,9-10,15-17,19H2,1-3H3/t22-/m0/s1. The van der Waals surface area contributed by atoms with Crippen LogP contribution in [-0.4, -0.2) is 58.9 Å². The van der Waals surface area contributed by atoms with Crippen molar-refractivity contribution < 1.29 is 14.3 Å². The Morgan fingerprint density at radius 1 is 1.12 bits per heavy atom. The molecule has 0 fully saturated rings. The van der Waals surface area contributed by atoms with Crippen molar-refractivity contribution in [1.29, 1.82) is 0 Å². The number of carbonyl (C=O) groups excluding carboxylic acids is 2. The smallest absolute Gasteiger partial charge is 0.272 e. The summed E-state index contributed by atoms with van der Waals surface area (Å²) in [5, 5.41) is 0.502. The van der Waals surface area contributed by atoms with Crippen LogP contribution in [0.3, 0.4) is 0 Å². The van der Waals surface area contributed by atoms with E-state index in [1.165, 1.54) is 6.20 Å². The van der Waals surface area contributed by atoms with Crippen molar-refractivity contribution in [3.05, 3.63) is 58.9 Å². The molecule has 2 aromatic rings. The Kier molecular flexibility index (Phi) is 9.75. The Hall–Kier alpha value is -2.60. The molecule has 1 aromatic carbocycles. The summed E-state index contributed by atoms with van der Waals surface area (Å²) in [5.41, 5.74) is 0.954. The third kappa shape index (κ3) is 6.95. The number of halogens is 1. The zero-order valence-electron chi connectivity index (χ0n) is 20.5. The molecule has 1 atom stereocenters. The lowest BCUT2D eigenvalue weighted by atomic mass is 10.0. The van der Waals surface area contributed by atoms with E-state index in [-0.39, 0.29) is 17.9 Å². The lowest BCUT2D eigenvalue weighted by Crippen LogP contribution is -2.45. The number of benzene rings is 1. The number of rotatable bonds is 4. The molecular weight excluding hydrogens is 450 g/mol. The molecule has 6 nitrogen and oxygen atoms in total. The van der Waals surface area contributed by atoms with E-state index in [1.54, 1.807) is 12.1 Å². The summed E-state index contributed by atoms with van der Waals surface area (Å²) in [7, 11) is 0. The summed E-state index contributed by atoms with van der Waals surface area (Å²) in [5.74, 6) is 0.815. The van der Waals surface area contributed by atoms with Gasteiger partial charge in [-0.3, -0.25) is 9.59 Å². The van der Waals surface area contributed by atoms with Gasteiger partial charge >= 0.3 is 0 Å². The second-order valence-corrected chi connectivity index (χ2v) is 9.69. The average Bonchev–Trinajstić information content (AvgIpc) is 2.83. The number of aromatic nitrogens is 1. The highest BCUT2D eigenvalue weighted by molar-refractivity contribution is 6.30. The van der Waals surface area contributed by atoms with Crippen molar-refractivity contribution in [2.75, 3.05) is 26.2 Å². The van der Waals surface area contributed by atoms with Crippen LogP contribution < -0.4 is 4.74 Å². The lowest BCUT2D eigenvalue weighted by Gasteiger charge is -2.33. The zero-order valence-corrected chi connectivity index (χ0v) is 21.3. The van der Waals surface area contributed by atoms with Gasteiger partial charge in [0, 0.05) is 25.8 Å². The average molecular weight is 486 g/mol. The number of carbonyl (C=O) groups is 2. The highest BCUT2D eigenvalue weighted by atomic mass is 35.5. The van der Waals surface area contributed by atoms with Crippen LogP contribution in [0.2, 0.25) is 5.02 Å². The summed E-state index contributed by atoms with van der Waals surface area (Å²) >= 11 is 5.99. The molecule has 0 spiro atoms. The molecule has 0 radical (unpaired) electrons. The lowest BCUT2D eigenvalue weighted by molar-refractivity contribution is 0.0560. The molecule has 0 unspecified atom stereocenters. The molecule has 0 N–H and O–H groups in total. The number of pyridine rings is 1. The summed E-state index contributed by atoms with van der Waals surface area (Å²) in [6.45, 7) is 8.64. The van der Waals surface area contributed by atoms with E-state index in [1.807, 2.05) is 41.0 Å². The van der Waals surface area contributed by atoms with Gasteiger partial charge in [-0.05, 0) is 56.4 Å². The number of amides is 2. The Morgan fingerprint density at radius 2 is 1.85 bits per heavy atom. The van der Waals surface area contributed by atoms with Crippen LogP contribution in [0.15, 0.2) is 42.6 Å². The number of hydrogen-bond acceptors (Lipinski definition) is 4. The normalized spacial score (nSPS) is 18.3. The molecule has 0 bridgehead atoms. The first-order valence-corrected chi connectivity index (χ1v) is 12.7. The minimum atomic E-state index is -0.140. The van der Waals surface area contributed by atoms with Crippen molar-refractivity contribution in [1.82, 2.24) is 14.8 Å². The van der Waals surface area contributed by atoms with Gasteiger partial charge in [-0.1, -0.05) is 50.4 Å². The minimum Gasteiger partial charge on any atom is -0.491 e. The van der Waals surface area contributed by atoms with Gasteiger partial charge in [-0.2, -0.15) is 0 Å². The van der Waals surface area contributed by atoms with Crippen molar-refractivity contribution in [3.8, 4) is 5.75 Å². The van der Waals surface area contributed by atoms with Crippen LogP contribution in [0, 0.1) is 5.92 Å². The van der Waals surface area contributed by atoms with Crippen LogP contribution in [0.4, 0.5) is 0 Å². The van der Waals surface area contributed by atoms with Gasteiger partial charge in [0.1, 0.15) is 18.1 Å². The fourth-order valence-corrected chi connectivity index (χ4v) is 4.51. The number of nitrogens with zero attached hydrogens (tertiary/aromatic N) is 3. The molecule has 3 rings (SSSR count). The number of ether oxygens (including phenoxy) is 1. The third-order valence-corrected chi connectivity index (χ3v) is 6.41. The van der Waals surface area contributed by atoms with E-state index in [2.05, 4.69) is 18.8 Å². The van der Waals surface area contributed by atoms with Crippen LogP contribution in [-0.2, 0) is 0 Å². The highest BCUT2D eigenvalue weighted by Gasteiger charge is 2.28. The quantitative estimate of drug-likeness (QED) is 0.556. The van der Waals surface area contributed by atoms with E-state index in [4.69, 9.17) is 16.3 Å². The topological polar surface area (TPSA) is 62.7 Å². The van der Waals surface area contributed by atoms with Gasteiger partial charge in [-0.15, -0.1) is 0 Å². The maximum absolute atomic E-state index is 13.5. The molecule has 1 aliphatic rings. The van der Waals surface area contributed by atoms with Crippen molar-refractivity contribution >= 4 is 23.4 Å². The van der Waals surface area contributed by atoms with Gasteiger partial charge < -0.3 is 14.5 Å². The SMILES string of the molecule is CCN1CCCCCCN(C(=O)c2ccc(Cl)cn2)[C@@H](CC(C)C)COc2ccccc2C1=O. The number of para-hydroxylation sites is 1. The summed E-state index contributed by atoms with van der Waals surface area (Å²) in [6.07, 6.45) is 6.13. The fourth-order valence-electron chi connectivity index (χ4n) is 4.40. The van der Waals surface area contributed by atoms with Crippen LogP contribution in [0.5, 0.6) is 5.75 Å². The maximum atomic E-state index is 13.5. The summed E-state index contributed by atoms with van der Waals surface area (Å²) < 4.78 is 6.26. The first kappa shape index (κ1) is 26.0. The summed E-state index contributed by atoms with van der Waals surface area (Å²) in [4.78, 5) is 34.8. The van der Waals surface area contributed by atoms with E-state index in [0.717, 1.165) is 38.6 Å². The highest BCUT2D eigenvalue weighted by Crippen LogP contribution is 2.24. The molecule has 34 heavy (non-hydrogen) atoms. The van der Waals surface area contributed by atoms with Crippen molar-refractivity contribution in [3.63, 3.8) is 0 Å². The largest absolute Gasteiger partial charge is 0.491 e. The Morgan fingerprint density at radius 3 is 2.53 bits per heavy atom. The molecule has 184 valence electrons. The minimum absolute atomic E-state index is 0.00568. The first-order chi connectivity index (χ1) is 16.4. The molecule has 7 heteroatoms. The molecule has 1 aromatic heterocycles. The van der Waals surface area contributed by atoms with E-state index in [9.17, 15) is 9.59 Å². The van der Waals surface area contributed by atoms with Gasteiger partial charge in [0.25, 0.3) is 11.8 Å². The Bertz CT molecular complexity index is 948. The predicted molar refractivity (Wildman–Crippen MR) is 136 cm³/mol. The molecule has 0 aliphatic carbocycles. The Labute approximate surface area is 208 Å². The van der Waals surface area contributed by atoms with Gasteiger partial charge in [-0.25, -0.2) is 4.98 Å². The predicted octanol–water partition coefficient (Wildman–Crippen LogP) is 5.71. The second kappa shape index (κ2) is 12.7. The maximum Gasteiger partial charge on any atom is 0.272 e. The molecule has 0 saturated heterocycles. The molecule has 0 saturated carbocycles. The third-order valence-electron chi connectivity index (χ3n) is 6.19. The molecule has 2 amide bonds. The van der Waals surface area contributed by atoms with Crippen LogP contribution in [0.25, 0.3) is 0 Å². The first-order valence-electron chi connectivity index (χ1n) is 12.3. The zero-order chi connectivity index (χ0) is 24.5.